The lowest BCUT2D eigenvalue weighted by Gasteiger charge is -2.37. The first kappa shape index (κ1) is 15.6. The van der Waals surface area contributed by atoms with Crippen LogP contribution in [0.4, 0.5) is 0 Å². The zero-order valence-corrected chi connectivity index (χ0v) is 14.8. The van der Waals surface area contributed by atoms with E-state index in [1.54, 1.807) is 12.4 Å². The topological polar surface area (TPSA) is 69.7 Å². The first-order chi connectivity index (χ1) is 12.7. The van der Waals surface area contributed by atoms with Crippen molar-refractivity contribution in [2.45, 2.75) is 25.4 Å². The molecule has 7 nitrogen and oxygen atoms in total. The minimum Gasteiger partial charge on any atom is -0.337 e. The van der Waals surface area contributed by atoms with Crippen molar-refractivity contribution in [3.05, 3.63) is 58.8 Å². The molecule has 7 heteroatoms. The maximum absolute atomic E-state index is 13.2. The highest BCUT2D eigenvalue weighted by molar-refractivity contribution is 5.55. The molecule has 5 rings (SSSR count). The van der Waals surface area contributed by atoms with Crippen LogP contribution < -0.4 is 10.9 Å². The van der Waals surface area contributed by atoms with Gasteiger partial charge in [-0.25, -0.2) is 9.97 Å². The number of piperidine rings is 1. The van der Waals surface area contributed by atoms with Gasteiger partial charge < -0.3 is 19.0 Å². The number of pyridine rings is 1. The zero-order chi connectivity index (χ0) is 17.7. The van der Waals surface area contributed by atoms with Crippen molar-refractivity contribution in [2.24, 2.45) is 13.0 Å². The van der Waals surface area contributed by atoms with Gasteiger partial charge >= 0.3 is 0 Å². The Labute approximate surface area is 151 Å². The maximum atomic E-state index is 13.2. The van der Waals surface area contributed by atoms with E-state index in [1.165, 1.54) is 6.42 Å². The second-order valence-corrected chi connectivity index (χ2v) is 7.38. The molecule has 0 spiro atoms. The summed E-state index contributed by atoms with van der Waals surface area (Å²) < 4.78 is 5.96. The van der Waals surface area contributed by atoms with Crippen molar-refractivity contribution in [3.8, 4) is 11.4 Å². The van der Waals surface area contributed by atoms with Gasteiger partial charge in [-0.2, -0.15) is 0 Å². The molecule has 2 bridgehead atoms. The Kier molecular flexibility index (Phi) is 3.56. The molecule has 0 amide bonds. The Morgan fingerprint density at radius 2 is 2.08 bits per heavy atom. The third-order valence-electron chi connectivity index (χ3n) is 5.70. The lowest BCUT2D eigenvalue weighted by Crippen LogP contribution is -2.45. The highest BCUT2D eigenvalue weighted by atomic mass is 16.1. The fourth-order valence-corrected chi connectivity index (χ4v) is 4.34. The fourth-order valence-electron chi connectivity index (χ4n) is 4.34. The van der Waals surface area contributed by atoms with Crippen LogP contribution in [0, 0.1) is 5.92 Å². The number of hydrogen-bond donors (Lipinski definition) is 1. The highest BCUT2D eigenvalue weighted by Crippen LogP contribution is 2.32. The summed E-state index contributed by atoms with van der Waals surface area (Å²) in [4.78, 5) is 22.1. The second-order valence-electron chi connectivity index (χ2n) is 7.38. The van der Waals surface area contributed by atoms with Crippen LogP contribution in [0.5, 0.6) is 0 Å². The second kappa shape index (κ2) is 5.95. The van der Waals surface area contributed by atoms with Crippen molar-refractivity contribution < 1.29 is 0 Å². The minimum absolute atomic E-state index is 0.0754. The quantitative estimate of drug-likeness (QED) is 0.771. The molecule has 2 aliphatic rings. The number of rotatable bonds is 3. The van der Waals surface area contributed by atoms with Crippen LogP contribution >= 0.6 is 0 Å². The molecule has 0 aliphatic carbocycles. The molecule has 2 atom stereocenters. The molecule has 0 aromatic carbocycles. The summed E-state index contributed by atoms with van der Waals surface area (Å²) in [5.41, 5.74) is 1.90. The predicted molar refractivity (Wildman–Crippen MR) is 98.0 cm³/mol. The van der Waals surface area contributed by atoms with Gasteiger partial charge in [-0.1, -0.05) is 0 Å². The standard InChI is InChI=1S/C19H22N6O/c1-23-6-4-21-17(23)12-24-7-5-22-18(24)15-2-3-16-14-8-13(9-20-10-14)11-25(16)19(15)26/h2-7,13-14,20H,8-12H2,1H3/t13-,14+/m0/s1. The Morgan fingerprint density at radius 1 is 1.19 bits per heavy atom. The van der Waals surface area contributed by atoms with Gasteiger partial charge in [0.1, 0.15) is 11.6 Å². The van der Waals surface area contributed by atoms with Gasteiger partial charge in [0.25, 0.3) is 5.56 Å². The number of hydrogen-bond acceptors (Lipinski definition) is 4. The van der Waals surface area contributed by atoms with Gasteiger partial charge in [0.2, 0.25) is 0 Å². The third kappa shape index (κ3) is 2.42. The van der Waals surface area contributed by atoms with Crippen molar-refractivity contribution in [1.29, 1.82) is 0 Å². The summed E-state index contributed by atoms with van der Waals surface area (Å²) in [5, 5.41) is 3.49. The SMILES string of the molecule is Cn1ccnc1Cn1ccnc1-c1ccc2n(c1=O)C[C@@H]1CNC[C@H]2C1. The lowest BCUT2D eigenvalue weighted by atomic mass is 9.84. The summed E-state index contributed by atoms with van der Waals surface area (Å²) in [6.07, 6.45) is 8.55. The molecule has 0 unspecified atom stereocenters. The summed E-state index contributed by atoms with van der Waals surface area (Å²) in [6, 6.07) is 4.06. The van der Waals surface area contributed by atoms with Crippen LogP contribution in [0.2, 0.25) is 0 Å². The molecule has 5 heterocycles. The van der Waals surface area contributed by atoms with Crippen molar-refractivity contribution >= 4 is 0 Å². The molecule has 3 aromatic heterocycles. The van der Waals surface area contributed by atoms with Crippen LogP contribution in [0.1, 0.15) is 23.9 Å². The first-order valence-electron chi connectivity index (χ1n) is 9.13. The van der Waals surface area contributed by atoms with Crippen LogP contribution in [0.3, 0.4) is 0 Å². The number of imidazole rings is 2. The van der Waals surface area contributed by atoms with Gasteiger partial charge in [-0.3, -0.25) is 4.79 Å². The number of nitrogens with one attached hydrogen (secondary N) is 1. The van der Waals surface area contributed by atoms with Crippen LogP contribution in [-0.4, -0.2) is 36.8 Å². The molecule has 134 valence electrons. The average molecular weight is 350 g/mol. The monoisotopic (exact) mass is 350 g/mol. The Bertz CT molecular complexity index is 1010. The molecular weight excluding hydrogens is 328 g/mol. The summed E-state index contributed by atoms with van der Waals surface area (Å²) in [5.74, 6) is 2.63. The first-order valence-corrected chi connectivity index (χ1v) is 9.13. The van der Waals surface area contributed by atoms with Crippen molar-refractivity contribution in [3.63, 3.8) is 0 Å². The maximum Gasteiger partial charge on any atom is 0.261 e. The highest BCUT2D eigenvalue weighted by Gasteiger charge is 2.31. The Hall–Kier alpha value is -2.67. The van der Waals surface area contributed by atoms with E-state index in [0.29, 0.717) is 29.8 Å². The van der Waals surface area contributed by atoms with E-state index in [-0.39, 0.29) is 5.56 Å². The van der Waals surface area contributed by atoms with Gasteiger partial charge in [0.05, 0.1) is 12.1 Å². The predicted octanol–water partition coefficient (Wildman–Crippen LogP) is 1.20. The molecular formula is C19H22N6O. The number of fused-ring (bicyclic) bond motifs is 4. The fraction of sp³-hybridized carbons (Fsp3) is 0.421. The third-order valence-corrected chi connectivity index (χ3v) is 5.70. The number of aromatic nitrogens is 5. The van der Waals surface area contributed by atoms with Gasteiger partial charge in [0, 0.05) is 56.5 Å². The van der Waals surface area contributed by atoms with Crippen molar-refractivity contribution in [2.75, 3.05) is 13.1 Å². The lowest BCUT2D eigenvalue weighted by molar-refractivity contribution is 0.257. The Morgan fingerprint density at radius 3 is 2.92 bits per heavy atom. The smallest absolute Gasteiger partial charge is 0.261 e. The van der Waals surface area contributed by atoms with E-state index >= 15 is 0 Å². The molecule has 0 saturated carbocycles. The van der Waals surface area contributed by atoms with E-state index in [2.05, 4.69) is 21.4 Å². The largest absolute Gasteiger partial charge is 0.337 e. The van der Waals surface area contributed by atoms with Crippen LogP contribution in [0.25, 0.3) is 11.4 Å². The molecule has 0 radical (unpaired) electrons. The van der Waals surface area contributed by atoms with E-state index in [4.69, 9.17) is 0 Å². The van der Waals surface area contributed by atoms with E-state index in [0.717, 1.165) is 31.2 Å². The van der Waals surface area contributed by atoms with E-state index < -0.39 is 0 Å². The molecule has 1 N–H and O–H groups in total. The molecule has 26 heavy (non-hydrogen) atoms. The van der Waals surface area contributed by atoms with Gasteiger partial charge in [0.15, 0.2) is 0 Å². The summed E-state index contributed by atoms with van der Waals surface area (Å²) >= 11 is 0. The molecule has 3 aromatic rings. The van der Waals surface area contributed by atoms with E-state index in [9.17, 15) is 4.79 Å². The Balaban J connectivity index is 1.56. The zero-order valence-electron chi connectivity index (χ0n) is 14.8. The summed E-state index contributed by atoms with van der Waals surface area (Å²) in [7, 11) is 1.97. The molecule has 2 aliphatic heterocycles. The van der Waals surface area contributed by atoms with Gasteiger partial charge in [-0.05, 0) is 31.0 Å². The molecule has 1 fully saturated rings. The van der Waals surface area contributed by atoms with Crippen LogP contribution in [-0.2, 0) is 20.1 Å². The minimum atomic E-state index is 0.0754. The summed E-state index contributed by atoms with van der Waals surface area (Å²) in [6.45, 7) is 3.35. The average Bonchev–Trinajstić information content (AvgIpc) is 3.26. The normalized spacial score (nSPS) is 21.6. The van der Waals surface area contributed by atoms with Gasteiger partial charge in [-0.15, -0.1) is 0 Å². The number of aryl methyl sites for hydroxylation is 1. The van der Waals surface area contributed by atoms with Crippen molar-refractivity contribution in [1.82, 2.24) is 29.0 Å². The van der Waals surface area contributed by atoms with Crippen LogP contribution in [0.15, 0.2) is 41.7 Å². The molecule has 1 saturated heterocycles. The van der Waals surface area contributed by atoms with E-state index in [1.807, 2.05) is 39.2 Å². The number of nitrogens with zero attached hydrogens (tertiary/aromatic N) is 5.